The minimum Gasteiger partial charge on any atom is -0.357 e. The minimum atomic E-state index is -0.114. The number of hydrogen-bond donors (Lipinski definition) is 2. The van der Waals surface area contributed by atoms with Crippen LogP contribution in [0.5, 0.6) is 0 Å². The molecule has 1 atom stereocenters. The highest BCUT2D eigenvalue weighted by atomic mass is 16.1. The van der Waals surface area contributed by atoms with Gasteiger partial charge >= 0.3 is 0 Å². The fraction of sp³-hybridized carbons (Fsp3) is 0.222. The average molecular weight is 453 g/mol. The maximum absolute atomic E-state index is 13.7. The SMILES string of the molecule is Cn1c(NC[C@@H](N)Cc2ccccc2)nc(-c2ccncc2)c(N2Cc3ccccc3C2)c1=O. The summed E-state index contributed by atoms with van der Waals surface area (Å²) >= 11 is 0. The largest absolute Gasteiger partial charge is 0.357 e. The van der Waals surface area contributed by atoms with E-state index >= 15 is 0 Å². The molecule has 172 valence electrons. The number of pyridine rings is 1. The number of benzene rings is 2. The highest BCUT2D eigenvalue weighted by Gasteiger charge is 2.26. The van der Waals surface area contributed by atoms with E-state index in [-0.39, 0.29) is 11.6 Å². The molecule has 5 rings (SSSR count). The molecule has 0 fully saturated rings. The molecular weight excluding hydrogens is 424 g/mol. The summed E-state index contributed by atoms with van der Waals surface area (Å²) in [7, 11) is 1.75. The van der Waals surface area contributed by atoms with Crippen LogP contribution >= 0.6 is 0 Å². The number of nitrogens with two attached hydrogens (primary N) is 1. The monoisotopic (exact) mass is 452 g/mol. The van der Waals surface area contributed by atoms with Crippen molar-refractivity contribution in [2.75, 3.05) is 16.8 Å². The number of nitrogens with one attached hydrogen (secondary N) is 1. The van der Waals surface area contributed by atoms with Crippen LogP contribution in [0.15, 0.2) is 83.9 Å². The number of rotatable bonds is 7. The second kappa shape index (κ2) is 9.49. The van der Waals surface area contributed by atoms with Crippen molar-refractivity contribution in [2.45, 2.75) is 25.6 Å². The number of aromatic nitrogens is 3. The first-order chi connectivity index (χ1) is 16.6. The van der Waals surface area contributed by atoms with E-state index < -0.39 is 0 Å². The van der Waals surface area contributed by atoms with E-state index in [4.69, 9.17) is 10.7 Å². The molecule has 7 nitrogen and oxygen atoms in total. The molecular formula is C27H28N6O. The lowest BCUT2D eigenvalue weighted by Crippen LogP contribution is -2.35. The summed E-state index contributed by atoms with van der Waals surface area (Å²) in [6.45, 7) is 1.86. The van der Waals surface area contributed by atoms with E-state index in [2.05, 4.69) is 39.5 Å². The Morgan fingerprint density at radius 2 is 1.62 bits per heavy atom. The van der Waals surface area contributed by atoms with Gasteiger partial charge in [-0.15, -0.1) is 0 Å². The molecule has 0 unspecified atom stereocenters. The van der Waals surface area contributed by atoms with E-state index in [0.29, 0.717) is 37.0 Å². The average Bonchev–Trinajstić information content (AvgIpc) is 3.29. The molecule has 1 aliphatic rings. The van der Waals surface area contributed by atoms with Crippen LogP contribution in [0.2, 0.25) is 0 Å². The third-order valence-electron chi connectivity index (χ3n) is 6.24. The van der Waals surface area contributed by atoms with Gasteiger partial charge in [-0.05, 0) is 35.2 Å². The third kappa shape index (κ3) is 4.43. The van der Waals surface area contributed by atoms with Gasteiger partial charge in [0.25, 0.3) is 5.56 Å². The summed E-state index contributed by atoms with van der Waals surface area (Å²) in [5.41, 5.74) is 12.0. The fourth-order valence-corrected chi connectivity index (χ4v) is 4.45. The van der Waals surface area contributed by atoms with Gasteiger partial charge in [0.1, 0.15) is 11.4 Å². The lowest BCUT2D eigenvalue weighted by atomic mass is 10.1. The summed E-state index contributed by atoms with van der Waals surface area (Å²) in [4.78, 5) is 24.8. The number of anilines is 2. The summed E-state index contributed by atoms with van der Waals surface area (Å²) in [6.07, 6.45) is 4.18. The van der Waals surface area contributed by atoms with Crippen LogP contribution in [0.1, 0.15) is 16.7 Å². The number of nitrogens with zero attached hydrogens (tertiary/aromatic N) is 4. The minimum absolute atomic E-state index is 0.0891. The number of fused-ring (bicyclic) bond motifs is 1. The zero-order valence-corrected chi connectivity index (χ0v) is 19.2. The number of hydrogen-bond acceptors (Lipinski definition) is 6. The van der Waals surface area contributed by atoms with Crippen LogP contribution in [0.25, 0.3) is 11.3 Å². The topological polar surface area (TPSA) is 89.1 Å². The Kier molecular flexibility index (Phi) is 6.10. The van der Waals surface area contributed by atoms with Gasteiger partial charge in [-0.2, -0.15) is 0 Å². The maximum atomic E-state index is 13.7. The van der Waals surface area contributed by atoms with Crippen LogP contribution in [0.4, 0.5) is 11.6 Å². The van der Waals surface area contributed by atoms with Crippen molar-refractivity contribution in [3.05, 3.63) is 106 Å². The summed E-state index contributed by atoms with van der Waals surface area (Å²) in [6, 6.07) is 22.1. The molecule has 34 heavy (non-hydrogen) atoms. The second-order valence-corrected chi connectivity index (χ2v) is 8.69. The Morgan fingerprint density at radius 3 is 2.29 bits per heavy atom. The van der Waals surface area contributed by atoms with Gasteiger partial charge in [0.2, 0.25) is 5.95 Å². The van der Waals surface area contributed by atoms with Crippen molar-refractivity contribution in [3.63, 3.8) is 0 Å². The molecule has 0 radical (unpaired) electrons. The van der Waals surface area contributed by atoms with Gasteiger partial charge in [0.15, 0.2) is 0 Å². The van der Waals surface area contributed by atoms with E-state index in [0.717, 1.165) is 12.0 Å². The zero-order chi connectivity index (χ0) is 23.5. The maximum Gasteiger partial charge on any atom is 0.278 e. The molecule has 2 aromatic carbocycles. The Bertz CT molecular complexity index is 1310. The van der Waals surface area contributed by atoms with Crippen LogP contribution in [-0.4, -0.2) is 27.1 Å². The summed E-state index contributed by atoms with van der Waals surface area (Å²) < 4.78 is 1.58. The normalized spacial score (nSPS) is 13.5. The summed E-state index contributed by atoms with van der Waals surface area (Å²) in [5.74, 6) is 0.501. The highest BCUT2D eigenvalue weighted by Crippen LogP contribution is 2.33. The van der Waals surface area contributed by atoms with E-state index in [9.17, 15) is 4.79 Å². The first-order valence-electron chi connectivity index (χ1n) is 11.5. The molecule has 0 aliphatic carbocycles. The second-order valence-electron chi connectivity index (χ2n) is 8.69. The van der Waals surface area contributed by atoms with Crippen molar-refractivity contribution in [1.82, 2.24) is 14.5 Å². The first kappa shape index (κ1) is 21.9. The first-order valence-corrected chi connectivity index (χ1v) is 11.5. The lowest BCUT2D eigenvalue weighted by molar-refractivity contribution is 0.686. The van der Waals surface area contributed by atoms with Crippen LogP contribution in [0.3, 0.4) is 0 Å². The molecule has 7 heteroatoms. The third-order valence-corrected chi connectivity index (χ3v) is 6.24. The van der Waals surface area contributed by atoms with Crippen LogP contribution in [0, 0.1) is 0 Å². The smallest absolute Gasteiger partial charge is 0.278 e. The van der Waals surface area contributed by atoms with Gasteiger partial charge in [-0.3, -0.25) is 14.3 Å². The predicted octanol–water partition coefficient (Wildman–Crippen LogP) is 3.34. The Labute approximate surface area is 198 Å². The quantitative estimate of drug-likeness (QED) is 0.447. The van der Waals surface area contributed by atoms with Gasteiger partial charge < -0.3 is 16.0 Å². The van der Waals surface area contributed by atoms with Gasteiger partial charge in [-0.25, -0.2) is 4.98 Å². The Morgan fingerprint density at radius 1 is 0.971 bits per heavy atom. The van der Waals surface area contributed by atoms with E-state index in [1.54, 1.807) is 24.0 Å². The van der Waals surface area contributed by atoms with Crippen molar-refractivity contribution < 1.29 is 0 Å². The molecule has 3 heterocycles. The van der Waals surface area contributed by atoms with Gasteiger partial charge in [0.05, 0.1) is 0 Å². The molecule has 0 spiro atoms. The van der Waals surface area contributed by atoms with Crippen molar-refractivity contribution >= 4 is 11.6 Å². The molecule has 2 aromatic heterocycles. The Balaban J connectivity index is 1.46. The predicted molar refractivity (Wildman–Crippen MR) is 136 cm³/mol. The van der Waals surface area contributed by atoms with E-state index in [1.165, 1.54) is 16.7 Å². The molecule has 3 N–H and O–H groups in total. The fourth-order valence-electron chi connectivity index (χ4n) is 4.45. The molecule has 0 saturated carbocycles. The standard InChI is InChI=1S/C27H28N6O/c1-32-26(34)25(33-17-21-9-5-6-10-22(21)18-33)24(20-11-13-29-14-12-20)31-27(32)30-16-23(28)15-19-7-3-2-4-8-19/h2-14,23H,15-18,28H2,1H3,(H,30,31)/t23-/m0/s1. The molecule has 0 amide bonds. The van der Waals surface area contributed by atoms with Gasteiger partial charge in [-0.1, -0.05) is 54.6 Å². The molecule has 4 aromatic rings. The zero-order valence-electron chi connectivity index (χ0n) is 19.2. The van der Waals surface area contributed by atoms with Crippen LogP contribution in [-0.2, 0) is 26.6 Å². The van der Waals surface area contributed by atoms with Crippen molar-refractivity contribution in [3.8, 4) is 11.3 Å². The van der Waals surface area contributed by atoms with Gasteiger partial charge in [0, 0.05) is 50.7 Å². The van der Waals surface area contributed by atoms with Crippen LogP contribution < -0.4 is 21.5 Å². The molecule has 1 aliphatic heterocycles. The van der Waals surface area contributed by atoms with Crippen molar-refractivity contribution in [1.29, 1.82) is 0 Å². The van der Waals surface area contributed by atoms with Crippen molar-refractivity contribution in [2.24, 2.45) is 12.8 Å². The summed E-state index contributed by atoms with van der Waals surface area (Å²) in [5, 5.41) is 3.31. The highest BCUT2D eigenvalue weighted by molar-refractivity contribution is 5.76. The molecule has 0 saturated heterocycles. The lowest BCUT2D eigenvalue weighted by Gasteiger charge is -2.23. The Hall–Kier alpha value is -3.97. The van der Waals surface area contributed by atoms with E-state index in [1.807, 2.05) is 42.5 Å². The molecule has 0 bridgehead atoms.